The molecule has 0 bridgehead atoms. The molecule has 0 aliphatic carbocycles. The maximum absolute atomic E-state index is 12.0. The van der Waals surface area contributed by atoms with Crippen molar-refractivity contribution in [2.24, 2.45) is 4.99 Å². The number of esters is 1. The molecule has 6 heteroatoms. The van der Waals surface area contributed by atoms with E-state index >= 15 is 0 Å². The molecule has 0 amide bonds. The van der Waals surface area contributed by atoms with E-state index in [1.807, 2.05) is 6.07 Å². The highest BCUT2D eigenvalue weighted by atomic mass is 16.6. The first-order valence-corrected chi connectivity index (χ1v) is 6.86. The highest BCUT2D eigenvalue weighted by molar-refractivity contribution is 6.13. The summed E-state index contributed by atoms with van der Waals surface area (Å²) in [5.41, 5.74) is 1.42. The number of methoxy groups -OCH3 is 2. The van der Waals surface area contributed by atoms with Crippen molar-refractivity contribution in [1.82, 2.24) is 4.98 Å². The van der Waals surface area contributed by atoms with Crippen LogP contribution in [0.4, 0.5) is 0 Å². The van der Waals surface area contributed by atoms with E-state index in [1.165, 1.54) is 0 Å². The molecule has 0 radical (unpaired) electrons. The lowest BCUT2D eigenvalue weighted by Gasteiger charge is -2.07. The summed E-state index contributed by atoms with van der Waals surface area (Å²) in [5, 5.41) is 0. The van der Waals surface area contributed by atoms with E-state index in [1.54, 1.807) is 56.8 Å². The Hall–Kier alpha value is -3.15. The van der Waals surface area contributed by atoms with E-state index in [9.17, 15) is 4.79 Å². The third-order valence-corrected chi connectivity index (χ3v) is 3.19. The lowest BCUT2D eigenvalue weighted by Crippen LogP contribution is -2.06. The van der Waals surface area contributed by atoms with Crippen LogP contribution < -0.4 is 9.47 Å². The lowest BCUT2D eigenvalue weighted by atomic mass is 10.2. The van der Waals surface area contributed by atoms with Crippen LogP contribution in [-0.2, 0) is 9.53 Å². The lowest BCUT2D eigenvalue weighted by molar-refractivity contribution is -0.129. The normalized spacial score (nSPS) is 15.3. The van der Waals surface area contributed by atoms with Crippen LogP contribution in [0.5, 0.6) is 11.5 Å². The Kier molecular flexibility index (Phi) is 4.05. The van der Waals surface area contributed by atoms with E-state index in [4.69, 9.17) is 14.2 Å². The average Bonchev–Trinajstić information content (AvgIpc) is 2.96. The van der Waals surface area contributed by atoms with E-state index in [0.717, 1.165) is 0 Å². The Morgan fingerprint density at radius 3 is 2.43 bits per heavy atom. The summed E-state index contributed by atoms with van der Waals surface area (Å²) in [6.07, 6.45) is 3.22. The smallest absolute Gasteiger partial charge is 0.363 e. The summed E-state index contributed by atoms with van der Waals surface area (Å²) in [5.74, 6) is 0.849. The first kappa shape index (κ1) is 14.8. The molecule has 1 aliphatic heterocycles. The van der Waals surface area contributed by atoms with Gasteiger partial charge in [0.2, 0.25) is 5.90 Å². The Bertz CT molecular complexity index is 775. The molecule has 23 heavy (non-hydrogen) atoms. The molecule has 0 N–H and O–H groups in total. The molecule has 3 rings (SSSR count). The number of nitrogens with zero attached hydrogens (tertiary/aromatic N) is 2. The van der Waals surface area contributed by atoms with E-state index in [0.29, 0.717) is 22.8 Å². The number of hydrogen-bond donors (Lipinski definition) is 0. The van der Waals surface area contributed by atoms with E-state index < -0.39 is 5.97 Å². The Morgan fingerprint density at radius 2 is 1.83 bits per heavy atom. The van der Waals surface area contributed by atoms with Crippen molar-refractivity contribution in [3.63, 3.8) is 0 Å². The van der Waals surface area contributed by atoms with Crippen LogP contribution in [0, 0.1) is 0 Å². The Balaban J connectivity index is 1.97. The van der Waals surface area contributed by atoms with Crippen molar-refractivity contribution >= 4 is 17.9 Å². The fraction of sp³-hybridized carbons (Fsp3) is 0.118. The summed E-state index contributed by atoms with van der Waals surface area (Å²) >= 11 is 0. The van der Waals surface area contributed by atoms with Gasteiger partial charge in [0.1, 0.15) is 11.5 Å². The molecular formula is C17H14N2O4. The number of carbonyl (C=O) groups excluding carboxylic acids is 1. The predicted molar refractivity (Wildman–Crippen MR) is 84.4 cm³/mol. The number of rotatable bonds is 4. The number of hydrogen-bond acceptors (Lipinski definition) is 6. The van der Waals surface area contributed by atoms with Crippen molar-refractivity contribution in [3.05, 3.63) is 59.5 Å². The minimum atomic E-state index is -0.521. The van der Waals surface area contributed by atoms with Crippen LogP contribution >= 0.6 is 0 Å². The first-order chi connectivity index (χ1) is 11.2. The maximum atomic E-state index is 12.0. The van der Waals surface area contributed by atoms with Crippen LogP contribution in [0.1, 0.15) is 11.3 Å². The summed E-state index contributed by atoms with van der Waals surface area (Å²) < 4.78 is 15.6. The van der Waals surface area contributed by atoms with Gasteiger partial charge < -0.3 is 14.2 Å². The molecule has 0 fully saturated rings. The van der Waals surface area contributed by atoms with Gasteiger partial charge in [-0.15, -0.1) is 0 Å². The van der Waals surface area contributed by atoms with Gasteiger partial charge in [0, 0.05) is 17.8 Å². The number of pyridine rings is 1. The van der Waals surface area contributed by atoms with Gasteiger partial charge in [-0.05, 0) is 30.3 Å². The van der Waals surface area contributed by atoms with Crippen LogP contribution in [0.15, 0.2) is 53.3 Å². The zero-order valence-electron chi connectivity index (χ0n) is 12.6. The quantitative estimate of drug-likeness (QED) is 0.641. The Labute approximate surface area is 133 Å². The van der Waals surface area contributed by atoms with E-state index in [-0.39, 0.29) is 11.6 Å². The molecule has 0 unspecified atom stereocenters. The highest BCUT2D eigenvalue weighted by Crippen LogP contribution is 2.26. The summed E-state index contributed by atoms with van der Waals surface area (Å²) in [6.45, 7) is 0. The predicted octanol–water partition coefficient (Wildman–Crippen LogP) is 2.44. The average molecular weight is 310 g/mol. The zero-order chi connectivity index (χ0) is 16.2. The second-order valence-corrected chi connectivity index (χ2v) is 4.69. The molecule has 116 valence electrons. The van der Waals surface area contributed by atoms with Crippen molar-refractivity contribution in [2.45, 2.75) is 0 Å². The standard InChI is InChI=1S/C17H14N2O4/c1-21-13-7-11(8-14(10-13)22-2)16-19-15(17(20)23-16)9-12-5-3-4-6-18-12/h3-10H,1-2H3/b15-9+. The third-order valence-electron chi connectivity index (χ3n) is 3.19. The van der Waals surface area contributed by atoms with Crippen LogP contribution in [0.3, 0.4) is 0 Å². The molecular weight excluding hydrogens is 296 g/mol. The molecule has 0 saturated heterocycles. The summed E-state index contributed by atoms with van der Waals surface area (Å²) in [4.78, 5) is 20.4. The highest BCUT2D eigenvalue weighted by Gasteiger charge is 2.25. The van der Waals surface area contributed by atoms with Gasteiger partial charge in [0.25, 0.3) is 0 Å². The topological polar surface area (TPSA) is 70.0 Å². The molecule has 1 aromatic heterocycles. The second kappa shape index (κ2) is 6.31. The first-order valence-electron chi connectivity index (χ1n) is 6.86. The molecule has 1 aromatic carbocycles. The Morgan fingerprint density at radius 1 is 1.09 bits per heavy atom. The third kappa shape index (κ3) is 3.21. The number of ether oxygens (including phenoxy) is 3. The van der Waals surface area contributed by atoms with E-state index in [2.05, 4.69) is 9.98 Å². The number of carbonyl (C=O) groups is 1. The molecule has 2 aromatic rings. The summed E-state index contributed by atoms with van der Waals surface area (Å²) in [7, 11) is 3.10. The van der Waals surface area contributed by atoms with Crippen molar-refractivity contribution in [3.8, 4) is 11.5 Å². The molecule has 2 heterocycles. The largest absolute Gasteiger partial charge is 0.497 e. The van der Waals surface area contributed by atoms with Crippen LogP contribution in [0.25, 0.3) is 6.08 Å². The van der Waals surface area contributed by atoms with Crippen LogP contribution in [0.2, 0.25) is 0 Å². The van der Waals surface area contributed by atoms with Gasteiger partial charge >= 0.3 is 5.97 Å². The monoisotopic (exact) mass is 310 g/mol. The molecule has 1 aliphatic rings. The van der Waals surface area contributed by atoms with Gasteiger partial charge in [-0.25, -0.2) is 9.79 Å². The zero-order valence-corrected chi connectivity index (χ0v) is 12.6. The van der Waals surface area contributed by atoms with Gasteiger partial charge in [-0.3, -0.25) is 4.98 Å². The molecule has 0 atom stereocenters. The number of benzene rings is 1. The second-order valence-electron chi connectivity index (χ2n) is 4.69. The fourth-order valence-corrected chi connectivity index (χ4v) is 2.06. The number of aliphatic imine (C=N–C) groups is 1. The molecule has 6 nitrogen and oxygen atoms in total. The SMILES string of the molecule is COc1cc(OC)cc(C2=N/C(=C/c3ccccn3)C(=O)O2)c1. The van der Waals surface area contributed by atoms with Crippen LogP contribution in [-0.4, -0.2) is 31.1 Å². The minimum absolute atomic E-state index is 0.195. The van der Waals surface area contributed by atoms with Crippen molar-refractivity contribution in [2.75, 3.05) is 14.2 Å². The number of cyclic esters (lactones) is 1. The number of aromatic nitrogens is 1. The van der Waals surface area contributed by atoms with Gasteiger partial charge in [0.15, 0.2) is 5.70 Å². The maximum Gasteiger partial charge on any atom is 0.363 e. The fourth-order valence-electron chi connectivity index (χ4n) is 2.06. The molecule has 0 spiro atoms. The van der Waals surface area contributed by atoms with Gasteiger partial charge in [-0.2, -0.15) is 0 Å². The van der Waals surface area contributed by atoms with Crippen molar-refractivity contribution < 1.29 is 19.0 Å². The summed E-state index contributed by atoms with van der Waals surface area (Å²) in [6, 6.07) is 10.6. The van der Waals surface area contributed by atoms with Gasteiger partial charge in [0.05, 0.1) is 19.9 Å². The van der Waals surface area contributed by atoms with Crippen molar-refractivity contribution in [1.29, 1.82) is 0 Å². The van der Waals surface area contributed by atoms with Gasteiger partial charge in [-0.1, -0.05) is 6.07 Å². The molecule has 0 saturated carbocycles. The minimum Gasteiger partial charge on any atom is -0.497 e.